The SMILES string of the molecule is CC/C=C\C/C=C\C/C=C\C/C=C\CCCCCCC(=O)OC[C@H](COC(=O)CCC/C=C\C/C=C\C/C=C\C/C=C\CCCCC)OC(=O)CCCCCC/C=C\C/C=C\C/C=C\CCCCC. The molecule has 1 atom stereocenters. The second kappa shape index (κ2) is 56.1. The van der Waals surface area contributed by atoms with Gasteiger partial charge in [-0.25, -0.2) is 0 Å². The quantitative estimate of drug-likeness (QED) is 0.0262. The molecule has 0 N–H and O–H groups in total. The van der Waals surface area contributed by atoms with Crippen LogP contribution in [0.1, 0.15) is 226 Å². The third-order valence-electron chi connectivity index (χ3n) is 11.1. The third kappa shape index (κ3) is 54.4. The van der Waals surface area contributed by atoms with Crippen molar-refractivity contribution in [2.24, 2.45) is 0 Å². The van der Waals surface area contributed by atoms with E-state index in [1.54, 1.807) is 0 Å². The van der Waals surface area contributed by atoms with E-state index in [4.69, 9.17) is 14.2 Å². The Morgan fingerprint density at radius 1 is 0.304 bits per heavy atom. The van der Waals surface area contributed by atoms with Crippen LogP contribution in [-0.2, 0) is 28.6 Å². The Morgan fingerprint density at radius 3 is 0.928 bits per heavy atom. The average molecular weight is 953 g/mol. The molecule has 6 heteroatoms. The van der Waals surface area contributed by atoms with Gasteiger partial charge in [0.1, 0.15) is 13.2 Å². The Hall–Kier alpha value is -4.45. The number of hydrogen-bond acceptors (Lipinski definition) is 6. The first-order valence-electron chi connectivity index (χ1n) is 27.7. The Balaban J connectivity index is 4.59. The van der Waals surface area contributed by atoms with Gasteiger partial charge in [0.15, 0.2) is 6.10 Å². The molecule has 0 fully saturated rings. The third-order valence-corrected chi connectivity index (χ3v) is 11.1. The molecule has 0 radical (unpaired) electrons. The summed E-state index contributed by atoms with van der Waals surface area (Å²) in [6.07, 6.45) is 78.6. The van der Waals surface area contributed by atoms with Crippen LogP contribution in [0.3, 0.4) is 0 Å². The molecule has 0 saturated carbocycles. The second-order valence-corrected chi connectivity index (χ2v) is 17.7. The Morgan fingerprint density at radius 2 is 0.580 bits per heavy atom. The summed E-state index contributed by atoms with van der Waals surface area (Å²) < 4.78 is 16.8. The zero-order valence-electron chi connectivity index (χ0n) is 44.3. The first-order chi connectivity index (χ1) is 34.0. The highest BCUT2D eigenvalue weighted by Gasteiger charge is 2.19. The topological polar surface area (TPSA) is 78.9 Å². The number of carbonyl (C=O) groups excluding carboxylic acids is 3. The lowest BCUT2D eigenvalue weighted by atomic mass is 10.1. The number of ether oxygens (including phenoxy) is 3. The first-order valence-corrected chi connectivity index (χ1v) is 27.7. The molecule has 0 saturated heterocycles. The minimum Gasteiger partial charge on any atom is -0.462 e. The van der Waals surface area contributed by atoms with E-state index in [0.717, 1.165) is 128 Å². The second-order valence-electron chi connectivity index (χ2n) is 17.7. The zero-order chi connectivity index (χ0) is 50.0. The molecule has 0 rings (SSSR count). The average Bonchev–Trinajstić information content (AvgIpc) is 3.35. The molecule has 69 heavy (non-hydrogen) atoms. The maximum Gasteiger partial charge on any atom is 0.306 e. The van der Waals surface area contributed by atoms with Gasteiger partial charge >= 0.3 is 17.9 Å². The molecule has 0 aromatic heterocycles. The minimum absolute atomic E-state index is 0.122. The lowest BCUT2D eigenvalue weighted by Gasteiger charge is -2.18. The summed E-state index contributed by atoms with van der Waals surface area (Å²) in [5.41, 5.74) is 0. The number of carbonyl (C=O) groups is 3. The van der Waals surface area contributed by atoms with Gasteiger partial charge in [0, 0.05) is 19.3 Å². The van der Waals surface area contributed by atoms with Crippen molar-refractivity contribution in [3.8, 4) is 0 Å². The minimum atomic E-state index is -0.828. The smallest absolute Gasteiger partial charge is 0.306 e. The van der Waals surface area contributed by atoms with E-state index in [0.29, 0.717) is 12.8 Å². The first kappa shape index (κ1) is 64.5. The summed E-state index contributed by atoms with van der Waals surface area (Å²) in [6, 6.07) is 0. The molecule has 388 valence electrons. The normalized spacial score (nSPS) is 13.1. The number of hydrogen-bond donors (Lipinski definition) is 0. The Labute approximate surface area is 424 Å². The van der Waals surface area contributed by atoms with Crippen molar-refractivity contribution in [3.05, 3.63) is 134 Å². The van der Waals surface area contributed by atoms with E-state index in [1.165, 1.54) is 51.4 Å². The van der Waals surface area contributed by atoms with Crippen molar-refractivity contribution in [2.75, 3.05) is 13.2 Å². The van der Waals surface area contributed by atoms with Crippen molar-refractivity contribution >= 4 is 17.9 Å². The van der Waals surface area contributed by atoms with Crippen LogP contribution in [0.5, 0.6) is 0 Å². The molecule has 0 aromatic carbocycles. The number of allylic oxidation sites excluding steroid dienone is 22. The molecule has 0 unspecified atom stereocenters. The van der Waals surface area contributed by atoms with Crippen molar-refractivity contribution < 1.29 is 28.6 Å². The van der Waals surface area contributed by atoms with E-state index < -0.39 is 6.10 Å². The van der Waals surface area contributed by atoms with Crippen LogP contribution in [0.25, 0.3) is 0 Å². The van der Waals surface area contributed by atoms with E-state index in [-0.39, 0.29) is 44.0 Å². The van der Waals surface area contributed by atoms with Gasteiger partial charge < -0.3 is 14.2 Å². The van der Waals surface area contributed by atoms with Crippen LogP contribution in [0.2, 0.25) is 0 Å². The molecular formula is C63H100O6. The van der Waals surface area contributed by atoms with E-state index in [2.05, 4.69) is 154 Å². The number of rotatable bonds is 48. The van der Waals surface area contributed by atoms with Gasteiger partial charge in [0.2, 0.25) is 0 Å². The van der Waals surface area contributed by atoms with Crippen LogP contribution in [-0.4, -0.2) is 37.2 Å². The molecule has 6 nitrogen and oxygen atoms in total. The predicted molar refractivity (Wildman–Crippen MR) is 297 cm³/mol. The van der Waals surface area contributed by atoms with Gasteiger partial charge in [0.25, 0.3) is 0 Å². The van der Waals surface area contributed by atoms with Crippen LogP contribution >= 0.6 is 0 Å². The molecule has 0 amide bonds. The Kier molecular flexibility index (Phi) is 52.5. The summed E-state index contributed by atoms with van der Waals surface area (Å²) in [7, 11) is 0. The zero-order valence-corrected chi connectivity index (χ0v) is 44.3. The van der Waals surface area contributed by atoms with Gasteiger partial charge in [-0.2, -0.15) is 0 Å². The van der Waals surface area contributed by atoms with Gasteiger partial charge in [0.05, 0.1) is 0 Å². The fourth-order valence-corrected chi connectivity index (χ4v) is 6.96. The number of esters is 3. The summed E-state index contributed by atoms with van der Waals surface area (Å²) in [5, 5.41) is 0. The molecule has 0 aliphatic carbocycles. The highest BCUT2D eigenvalue weighted by atomic mass is 16.6. The van der Waals surface area contributed by atoms with Crippen molar-refractivity contribution in [3.63, 3.8) is 0 Å². The molecule has 0 bridgehead atoms. The molecular weight excluding hydrogens is 853 g/mol. The fraction of sp³-hybridized carbons (Fsp3) is 0.603. The lowest BCUT2D eigenvalue weighted by Crippen LogP contribution is -2.30. The highest BCUT2D eigenvalue weighted by Crippen LogP contribution is 2.12. The number of unbranched alkanes of at least 4 members (excludes halogenated alkanes) is 15. The van der Waals surface area contributed by atoms with Gasteiger partial charge in [-0.3, -0.25) is 14.4 Å². The molecule has 0 aliphatic heterocycles. The summed E-state index contributed by atoms with van der Waals surface area (Å²) in [6.45, 7) is 6.37. The van der Waals surface area contributed by atoms with Crippen molar-refractivity contribution in [1.82, 2.24) is 0 Å². The van der Waals surface area contributed by atoms with Crippen LogP contribution in [0, 0.1) is 0 Å². The Bertz CT molecular complexity index is 1510. The maximum absolute atomic E-state index is 12.8. The standard InChI is InChI=1S/C63H100O6/c1-4-7-10-13-16-19-22-25-28-31-34-37-40-43-46-49-52-55-61(64)67-58-60(69-63(66)57-54-51-48-45-42-39-36-33-30-27-24-21-18-15-12-9-6-3)59-68-62(65)56-53-50-47-44-41-38-35-32-29-26-23-20-17-14-11-8-5-2/h7,10,16-21,25-30,34-39,44,47,60H,4-6,8-9,11-15,22-24,31-33,40-43,45-46,48-59H2,1-3H3/b10-7-,19-16-,20-17-,21-18-,28-25-,29-26-,30-27-,37-34-,38-35-,39-36-,47-44-/t60-/m1/s1. The van der Waals surface area contributed by atoms with Crippen molar-refractivity contribution in [1.29, 1.82) is 0 Å². The van der Waals surface area contributed by atoms with E-state index >= 15 is 0 Å². The van der Waals surface area contributed by atoms with Crippen LogP contribution in [0.4, 0.5) is 0 Å². The lowest BCUT2D eigenvalue weighted by molar-refractivity contribution is -0.167. The predicted octanol–water partition coefficient (Wildman–Crippen LogP) is 18.6. The molecule has 0 heterocycles. The van der Waals surface area contributed by atoms with Gasteiger partial charge in [-0.1, -0.05) is 206 Å². The van der Waals surface area contributed by atoms with Gasteiger partial charge in [-0.15, -0.1) is 0 Å². The van der Waals surface area contributed by atoms with Crippen molar-refractivity contribution in [2.45, 2.75) is 232 Å². The van der Waals surface area contributed by atoms with Crippen LogP contribution < -0.4 is 0 Å². The molecule has 0 aliphatic rings. The van der Waals surface area contributed by atoms with E-state index in [1.807, 2.05) is 0 Å². The van der Waals surface area contributed by atoms with Gasteiger partial charge in [-0.05, 0) is 135 Å². The summed E-state index contributed by atoms with van der Waals surface area (Å²) >= 11 is 0. The molecule has 0 aromatic rings. The fourth-order valence-electron chi connectivity index (χ4n) is 6.96. The van der Waals surface area contributed by atoms with E-state index in [9.17, 15) is 14.4 Å². The summed E-state index contributed by atoms with van der Waals surface area (Å²) in [5.74, 6) is -1.03. The van der Waals surface area contributed by atoms with Crippen LogP contribution in [0.15, 0.2) is 134 Å². The largest absolute Gasteiger partial charge is 0.462 e. The monoisotopic (exact) mass is 953 g/mol. The summed E-state index contributed by atoms with van der Waals surface area (Å²) in [4.78, 5) is 38.1. The maximum atomic E-state index is 12.8. The molecule has 0 spiro atoms. The highest BCUT2D eigenvalue weighted by molar-refractivity contribution is 5.71.